The van der Waals surface area contributed by atoms with Crippen molar-refractivity contribution in [2.45, 2.75) is 6.10 Å². The molecule has 2 rings (SSSR count). The van der Waals surface area contributed by atoms with Gasteiger partial charge < -0.3 is 19.9 Å². The summed E-state index contributed by atoms with van der Waals surface area (Å²) in [4.78, 5) is 25.8. The van der Waals surface area contributed by atoms with Crippen LogP contribution in [0.2, 0.25) is 0 Å². The van der Waals surface area contributed by atoms with E-state index in [0.717, 1.165) is 0 Å². The van der Waals surface area contributed by atoms with Crippen molar-refractivity contribution in [1.29, 1.82) is 0 Å². The van der Waals surface area contributed by atoms with Crippen molar-refractivity contribution in [2.24, 2.45) is 0 Å². The molecule has 0 saturated carbocycles. The molecule has 0 aromatic carbocycles. The topological polar surface area (TPSA) is 121 Å². The molecule has 0 fully saturated rings. The summed E-state index contributed by atoms with van der Waals surface area (Å²) < 4.78 is 4.69. The highest BCUT2D eigenvalue weighted by Gasteiger charge is 2.14. The Labute approximate surface area is 95.3 Å². The third kappa shape index (κ3) is 2.55. The lowest BCUT2D eigenvalue weighted by molar-refractivity contribution is 0.00843. The Bertz CT molecular complexity index is 526. The lowest BCUT2D eigenvalue weighted by Crippen LogP contribution is -2.22. The zero-order valence-corrected chi connectivity index (χ0v) is 8.70. The van der Waals surface area contributed by atoms with E-state index in [0.29, 0.717) is 11.2 Å². The number of esters is 1. The largest absolute Gasteiger partial charge is 0.457 e. The molecule has 0 amide bonds. The van der Waals surface area contributed by atoms with Crippen LogP contribution < -0.4 is 0 Å². The summed E-state index contributed by atoms with van der Waals surface area (Å²) in [6, 6.07) is 0. The van der Waals surface area contributed by atoms with Crippen LogP contribution in [0, 0.1) is 0 Å². The van der Waals surface area contributed by atoms with Gasteiger partial charge in [-0.05, 0) is 0 Å². The van der Waals surface area contributed by atoms with E-state index >= 15 is 0 Å². The maximum absolute atomic E-state index is 11.5. The van der Waals surface area contributed by atoms with E-state index in [1.54, 1.807) is 0 Å². The number of imidazole rings is 1. The molecule has 2 heterocycles. The van der Waals surface area contributed by atoms with E-state index in [1.807, 2.05) is 0 Å². The lowest BCUT2D eigenvalue weighted by atomic mass is 10.4. The fourth-order valence-electron chi connectivity index (χ4n) is 1.12. The lowest BCUT2D eigenvalue weighted by Gasteiger charge is -2.07. The molecule has 90 valence electrons. The Hall–Kier alpha value is -2.06. The summed E-state index contributed by atoms with van der Waals surface area (Å²) in [5.41, 5.74) is 0.964. The molecule has 0 aliphatic rings. The summed E-state index contributed by atoms with van der Waals surface area (Å²) in [6.45, 7) is -0.788. The molecule has 0 aliphatic carbocycles. The van der Waals surface area contributed by atoms with Gasteiger partial charge in [-0.1, -0.05) is 0 Å². The van der Waals surface area contributed by atoms with E-state index < -0.39 is 18.7 Å². The van der Waals surface area contributed by atoms with Gasteiger partial charge in [0.2, 0.25) is 5.82 Å². The minimum absolute atomic E-state index is 0.144. The number of carbonyl (C=O) groups is 1. The number of nitrogens with zero attached hydrogens (tertiary/aromatic N) is 3. The van der Waals surface area contributed by atoms with Gasteiger partial charge in [-0.15, -0.1) is 0 Å². The van der Waals surface area contributed by atoms with E-state index in [-0.39, 0.29) is 12.4 Å². The Morgan fingerprint density at radius 1 is 1.53 bits per heavy atom. The number of fused-ring (bicyclic) bond motifs is 1. The minimum atomic E-state index is -1.10. The van der Waals surface area contributed by atoms with E-state index in [1.165, 1.54) is 12.5 Å². The average Bonchev–Trinajstić information content (AvgIpc) is 2.82. The number of ether oxygens (including phenoxy) is 1. The summed E-state index contributed by atoms with van der Waals surface area (Å²) in [5, 5.41) is 17.6. The predicted molar refractivity (Wildman–Crippen MR) is 55.1 cm³/mol. The molecule has 0 saturated heterocycles. The molecule has 2 aromatic rings. The molecule has 0 radical (unpaired) electrons. The molecule has 8 nitrogen and oxygen atoms in total. The number of aliphatic hydroxyl groups excluding tert-OH is 2. The molecule has 3 N–H and O–H groups in total. The Balaban J connectivity index is 2.08. The van der Waals surface area contributed by atoms with Crippen LogP contribution in [0.3, 0.4) is 0 Å². The number of rotatable bonds is 4. The number of aliphatic hydroxyl groups is 2. The first kappa shape index (κ1) is 11.4. The first-order valence-electron chi connectivity index (χ1n) is 4.83. The van der Waals surface area contributed by atoms with Crippen LogP contribution in [-0.2, 0) is 4.74 Å². The normalized spacial score (nSPS) is 12.6. The first-order valence-corrected chi connectivity index (χ1v) is 4.83. The molecule has 1 unspecified atom stereocenters. The van der Waals surface area contributed by atoms with Crippen molar-refractivity contribution in [1.82, 2.24) is 19.9 Å². The first-order chi connectivity index (χ1) is 8.20. The Morgan fingerprint density at radius 3 is 3.12 bits per heavy atom. The number of hydrogen-bond donors (Lipinski definition) is 3. The van der Waals surface area contributed by atoms with Crippen molar-refractivity contribution in [3.05, 3.63) is 18.3 Å². The third-order valence-corrected chi connectivity index (χ3v) is 1.98. The van der Waals surface area contributed by atoms with Crippen LogP contribution in [0.1, 0.15) is 10.6 Å². The number of aromatic amines is 1. The molecule has 2 aromatic heterocycles. The predicted octanol–water partition coefficient (Wildman–Crippen LogP) is -1.14. The van der Waals surface area contributed by atoms with Gasteiger partial charge in [0, 0.05) is 0 Å². The maximum atomic E-state index is 11.5. The van der Waals surface area contributed by atoms with Crippen molar-refractivity contribution >= 4 is 17.1 Å². The zero-order valence-electron chi connectivity index (χ0n) is 8.70. The monoisotopic (exact) mass is 238 g/mol. The molecule has 0 spiro atoms. The van der Waals surface area contributed by atoms with Crippen LogP contribution in [0.25, 0.3) is 11.2 Å². The van der Waals surface area contributed by atoms with Gasteiger partial charge in [0.15, 0.2) is 5.65 Å². The molecular formula is C9H10N4O4. The number of nitrogens with one attached hydrogen (secondary N) is 1. The smallest absolute Gasteiger partial charge is 0.376 e. The Kier molecular flexibility index (Phi) is 3.26. The highest BCUT2D eigenvalue weighted by molar-refractivity contribution is 5.87. The summed E-state index contributed by atoms with van der Waals surface area (Å²) in [5.74, 6) is -0.919. The van der Waals surface area contributed by atoms with Gasteiger partial charge >= 0.3 is 5.97 Å². The fraction of sp³-hybridized carbons (Fsp3) is 0.333. The van der Waals surface area contributed by atoms with E-state index in [4.69, 9.17) is 14.9 Å². The molecule has 17 heavy (non-hydrogen) atoms. The van der Waals surface area contributed by atoms with Gasteiger partial charge in [0.1, 0.15) is 18.2 Å². The van der Waals surface area contributed by atoms with Gasteiger partial charge in [-0.2, -0.15) is 0 Å². The molecular weight excluding hydrogens is 228 g/mol. The van der Waals surface area contributed by atoms with Crippen LogP contribution in [0.15, 0.2) is 12.5 Å². The van der Waals surface area contributed by atoms with Gasteiger partial charge in [0.05, 0.1) is 19.1 Å². The van der Waals surface area contributed by atoms with Crippen molar-refractivity contribution in [3.8, 4) is 0 Å². The SMILES string of the molecule is O=C(OCC(O)CO)c1ncc2[nH]cnc2n1. The maximum Gasteiger partial charge on any atom is 0.376 e. The van der Waals surface area contributed by atoms with Crippen molar-refractivity contribution < 1.29 is 19.7 Å². The number of carbonyl (C=O) groups excluding carboxylic acids is 1. The van der Waals surface area contributed by atoms with Crippen molar-refractivity contribution in [2.75, 3.05) is 13.2 Å². The van der Waals surface area contributed by atoms with Crippen LogP contribution in [0.5, 0.6) is 0 Å². The summed E-state index contributed by atoms with van der Waals surface area (Å²) in [7, 11) is 0. The van der Waals surface area contributed by atoms with Crippen LogP contribution in [0.4, 0.5) is 0 Å². The number of hydrogen-bond acceptors (Lipinski definition) is 7. The summed E-state index contributed by atoms with van der Waals surface area (Å²) in [6.07, 6.45) is 1.74. The van der Waals surface area contributed by atoms with Crippen LogP contribution >= 0.6 is 0 Å². The summed E-state index contributed by atoms with van der Waals surface area (Å²) >= 11 is 0. The van der Waals surface area contributed by atoms with Gasteiger partial charge in [-0.3, -0.25) is 0 Å². The average molecular weight is 238 g/mol. The number of H-pyrrole nitrogens is 1. The zero-order chi connectivity index (χ0) is 12.3. The highest BCUT2D eigenvalue weighted by atomic mass is 16.5. The third-order valence-electron chi connectivity index (χ3n) is 1.98. The standard InChI is InChI=1S/C9H10N4O4/c14-2-5(15)3-17-9(16)8-10-1-6-7(13-8)12-4-11-6/h1,4-5,14-15H,2-3H2,(H,10,11,12,13). The van der Waals surface area contributed by atoms with E-state index in [9.17, 15) is 4.79 Å². The highest BCUT2D eigenvalue weighted by Crippen LogP contribution is 2.04. The van der Waals surface area contributed by atoms with Gasteiger partial charge in [0.25, 0.3) is 0 Å². The van der Waals surface area contributed by atoms with Gasteiger partial charge in [-0.25, -0.2) is 19.7 Å². The second-order valence-electron chi connectivity index (χ2n) is 3.27. The van der Waals surface area contributed by atoms with E-state index in [2.05, 4.69) is 19.9 Å². The molecule has 1 atom stereocenters. The molecule has 8 heteroatoms. The second-order valence-corrected chi connectivity index (χ2v) is 3.27. The van der Waals surface area contributed by atoms with Crippen molar-refractivity contribution in [3.63, 3.8) is 0 Å². The fourth-order valence-corrected chi connectivity index (χ4v) is 1.12. The second kappa shape index (κ2) is 4.85. The Morgan fingerprint density at radius 2 is 2.35 bits per heavy atom. The number of aromatic nitrogens is 4. The molecule has 0 aliphatic heterocycles. The molecule has 0 bridgehead atoms. The van der Waals surface area contributed by atoms with Crippen LogP contribution in [-0.4, -0.2) is 55.4 Å². The quantitative estimate of drug-likeness (QED) is 0.576. The minimum Gasteiger partial charge on any atom is -0.457 e.